The Balaban J connectivity index is 1.55. The fourth-order valence-corrected chi connectivity index (χ4v) is 3.58. The van der Waals surface area contributed by atoms with E-state index in [1.165, 1.54) is 0 Å². The Morgan fingerprint density at radius 1 is 1.45 bits per heavy atom. The molecule has 3 atom stereocenters. The molecule has 0 aromatic carbocycles. The third kappa shape index (κ3) is 2.45. The lowest BCUT2D eigenvalue weighted by molar-refractivity contribution is -0.117. The van der Waals surface area contributed by atoms with E-state index in [1.54, 1.807) is 0 Å². The number of hydrogen-bond donors (Lipinski definition) is 3. The molecule has 1 aromatic rings. The largest absolute Gasteiger partial charge is 0.393 e. The van der Waals surface area contributed by atoms with Gasteiger partial charge in [-0.15, -0.1) is 0 Å². The molecule has 1 aromatic heterocycles. The molecule has 1 aliphatic heterocycles. The summed E-state index contributed by atoms with van der Waals surface area (Å²) < 4.78 is 0. The Hall–Kier alpha value is -1.40. The fourth-order valence-electron chi connectivity index (χ4n) is 3.58. The summed E-state index contributed by atoms with van der Waals surface area (Å²) in [6, 6.07) is 0. The van der Waals surface area contributed by atoms with Crippen LogP contribution in [0.2, 0.25) is 0 Å². The first kappa shape index (κ1) is 13.6. The average Bonchev–Trinajstić information content (AvgIpc) is 3.03. The second kappa shape index (κ2) is 5.18. The number of aryl methyl sites for hydroxylation is 2. The molecule has 2 fully saturated rings. The van der Waals surface area contributed by atoms with Crippen LogP contribution in [0.5, 0.6) is 0 Å². The SMILES string of the molecule is Cc1n[nH]c(C)c1NC(=O)CN1CC2CCC(O)C2C1. The maximum atomic E-state index is 12.1. The van der Waals surface area contributed by atoms with E-state index in [0.29, 0.717) is 18.4 Å². The number of fused-ring (bicyclic) bond motifs is 1. The van der Waals surface area contributed by atoms with E-state index in [1.807, 2.05) is 13.8 Å². The molecule has 2 aliphatic rings. The molecule has 110 valence electrons. The highest BCUT2D eigenvalue weighted by atomic mass is 16.3. The fraction of sp³-hybridized carbons (Fsp3) is 0.714. The first-order valence-electron chi connectivity index (χ1n) is 7.26. The number of nitrogens with one attached hydrogen (secondary N) is 2. The number of amides is 1. The summed E-state index contributed by atoms with van der Waals surface area (Å²) in [5.41, 5.74) is 2.48. The van der Waals surface area contributed by atoms with Crippen molar-refractivity contribution in [2.45, 2.75) is 32.8 Å². The second-order valence-corrected chi connectivity index (χ2v) is 6.12. The van der Waals surface area contributed by atoms with E-state index in [4.69, 9.17) is 0 Å². The van der Waals surface area contributed by atoms with Crippen LogP contribution in [0.1, 0.15) is 24.2 Å². The maximum Gasteiger partial charge on any atom is 0.238 e. The minimum absolute atomic E-state index is 0.00735. The molecule has 20 heavy (non-hydrogen) atoms. The number of carbonyl (C=O) groups excluding carboxylic acids is 1. The summed E-state index contributed by atoms with van der Waals surface area (Å²) in [5, 5.41) is 19.8. The van der Waals surface area contributed by atoms with Crippen molar-refractivity contribution in [1.82, 2.24) is 15.1 Å². The monoisotopic (exact) mass is 278 g/mol. The summed E-state index contributed by atoms with van der Waals surface area (Å²) in [5.74, 6) is 0.919. The van der Waals surface area contributed by atoms with Gasteiger partial charge >= 0.3 is 0 Å². The van der Waals surface area contributed by atoms with Crippen molar-refractivity contribution < 1.29 is 9.90 Å². The van der Waals surface area contributed by atoms with Gasteiger partial charge in [-0.1, -0.05) is 0 Å². The van der Waals surface area contributed by atoms with Crippen LogP contribution in [-0.4, -0.2) is 51.8 Å². The van der Waals surface area contributed by atoms with Gasteiger partial charge in [0.15, 0.2) is 0 Å². The van der Waals surface area contributed by atoms with Gasteiger partial charge in [0.2, 0.25) is 5.91 Å². The summed E-state index contributed by atoms with van der Waals surface area (Å²) >= 11 is 0. The van der Waals surface area contributed by atoms with E-state index < -0.39 is 0 Å². The highest BCUT2D eigenvalue weighted by Crippen LogP contribution is 2.37. The molecule has 0 spiro atoms. The summed E-state index contributed by atoms with van der Waals surface area (Å²) in [6.07, 6.45) is 1.83. The van der Waals surface area contributed by atoms with Crippen LogP contribution in [0.15, 0.2) is 0 Å². The molecule has 1 aliphatic carbocycles. The standard InChI is InChI=1S/C14H22N4O2/c1-8-14(9(2)17-16-8)15-13(20)7-18-5-10-3-4-12(19)11(10)6-18/h10-12,19H,3-7H2,1-2H3,(H,15,20)(H,16,17). The van der Waals surface area contributed by atoms with Gasteiger partial charge in [-0.25, -0.2) is 0 Å². The van der Waals surface area contributed by atoms with Crippen LogP contribution in [0.3, 0.4) is 0 Å². The number of aliphatic hydroxyl groups is 1. The molecule has 0 radical (unpaired) electrons. The quantitative estimate of drug-likeness (QED) is 0.759. The smallest absolute Gasteiger partial charge is 0.238 e. The van der Waals surface area contributed by atoms with E-state index in [9.17, 15) is 9.90 Å². The molecular formula is C14H22N4O2. The predicted molar refractivity (Wildman–Crippen MR) is 75.4 cm³/mol. The van der Waals surface area contributed by atoms with Crippen molar-refractivity contribution in [3.63, 3.8) is 0 Å². The molecule has 1 saturated carbocycles. The lowest BCUT2D eigenvalue weighted by Gasteiger charge is -2.17. The number of aromatic nitrogens is 2. The number of rotatable bonds is 3. The predicted octanol–water partition coefficient (Wildman–Crippen LogP) is 0.668. The van der Waals surface area contributed by atoms with E-state index >= 15 is 0 Å². The Kier molecular flexibility index (Phi) is 3.52. The minimum Gasteiger partial charge on any atom is -0.393 e. The van der Waals surface area contributed by atoms with Crippen LogP contribution in [0.25, 0.3) is 0 Å². The number of H-pyrrole nitrogens is 1. The highest BCUT2D eigenvalue weighted by molar-refractivity contribution is 5.93. The third-order valence-electron chi connectivity index (χ3n) is 4.65. The van der Waals surface area contributed by atoms with Crippen LogP contribution < -0.4 is 5.32 Å². The van der Waals surface area contributed by atoms with Crippen molar-refractivity contribution in [3.05, 3.63) is 11.4 Å². The molecule has 6 nitrogen and oxygen atoms in total. The lowest BCUT2D eigenvalue weighted by Crippen LogP contribution is -2.33. The molecule has 1 saturated heterocycles. The van der Waals surface area contributed by atoms with Gasteiger partial charge < -0.3 is 10.4 Å². The summed E-state index contributed by atoms with van der Waals surface area (Å²) in [6.45, 7) is 5.92. The van der Waals surface area contributed by atoms with E-state index in [-0.39, 0.29) is 12.0 Å². The number of nitrogens with zero attached hydrogens (tertiary/aromatic N) is 2. The van der Waals surface area contributed by atoms with Gasteiger partial charge in [-0.2, -0.15) is 5.10 Å². The Morgan fingerprint density at radius 2 is 2.25 bits per heavy atom. The van der Waals surface area contributed by atoms with Crippen LogP contribution >= 0.6 is 0 Å². The van der Waals surface area contributed by atoms with Gasteiger partial charge in [-0.05, 0) is 32.6 Å². The molecule has 3 rings (SSSR count). The average molecular weight is 278 g/mol. The Labute approximate surface area is 118 Å². The van der Waals surface area contributed by atoms with Gasteiger partial charge in [-0.3, -0.25) is 14.8 Å². The first-order valence-corrected chi connectivity index (χ1v) is 7.26. The minimum atomic E-state index is -0.175. The van der Waals surface area contributed by atoms with Gasteiger partial charge in [0, 0.05) is 19.0 Å². The van der Waals surface area contributed by atoms with Crippen molar-refractivity contribution >= 4 is 11.6 Å². The number of hydrogen-bond acceptors (Lipinski definition) is 4. The molecule has 6 heteroatoms. The molecule has 2 heterocycles. The van der Waals surface area contributed by atoms with Crippen molar-refractivity contribution in [2.75, 3.05) is 25.0 Å². The topological polar surface area (TPSA) is 81.2 Å². The molecule has 3 unspecified atom stereocenters. The molecule has 1 amide bonds. The third-order valence-corrected chi connectivity index (χ3v) is 4.65. The summed E-state index contributed by atoms with van der Waals surface area (Å²) in [7, 11) is 0. The van der Waals surface area contributed by atoms with E-state index in [2.05, 4.69) is 20.4 Å². The zero-order chi connectivity index (χ0) is 14.3. The van der Waals surface area contributed by atoms with Gasteiger partial charge in [0.25, 0.3) is 0 Å². The molecule has 3 N–H and O–H groups in total. The van der Waals surface area contributed by atoms with Gasteiger partial charge in [0.1, 0.15) is 0 Å². The van der Waals surface area contributed by atoms with Crippen LogP contribution in [0.4, 0.5) is 5.69 Å². The van der Waals surface area contributed by atoms with Crippen molar-refractivity contribution in [3.8, 4) is 0 Å². The maximum absolute atomic E-state index is 12.1. The number of likely N-dealkylation sites (tertiary alicyclic amines) is 1. The van der Waals surface area contributed by atoms with Gasteiger partial charge in [0.05, 0.1) is 29.7 Å². The Bertz CT molecular complexity index is 494. The zero-order valence-electron chi connectivity index (χ0n) is 12.0. The number of aromatic amines is 1. The molecular weight excluding hydrogens is 256 g/mol. The highest BCUT2D eigenvalue weighted by Gasteiger charge is 2.42. The normalized spacial score (nSPS) is 29.6. The van der Waals surface area contributed by atoms with Crippen molar-refractivity contribution in [1.29, 1.82) is 0 Å². The van der Waals surface area contributed by atoms with Crippen molar-refractivity contribution in [2.24, 2.45) is 11.8 Å². The van der Waals surface area contributed by atoms with E-state index in [0.717, 1.165) is 43.0 Å². The number of anilines is 1. The van der Waals surface area contributed by atoms with Crippen LogP contribution in [0, 0.1) is 25.7 Å². The number of aliphatic hydroxyl groups excluding tert-OH is 1. The lowest BCUT2D eigenvalue weighted by atomic mass is 10.00. The molecule has 0 bridgehead atoms. The summed E-state index contributed by atoms with van der Waals surface area (Å²) in [4.78, 5) is 14.3. The first-order chi connectivity index (χ1) is 9.54. The zero-order valence-corrected chi connectivity index (χ0v) is 12.0. The number of carbonyl (C=O) groups is 1. The Morgan fingerprint density at radius 3 is 2.90 bits per heavy atom. The van der Waals surface area contributed by atoms with Crippen LogP contribution in [-0.2, 0) is 4.79 Å². The second-order valence-electron chi connectivity index (χ2n) is 6.12.